The van der Waals surface area contributed by atoms with Gasteiger partial charge in [0.15, 0.2) is 5.72 Å². The van der Waals surface area contributed by atoms with Gasteiger partial charge in [0.2, 0.25) is 11.8 Å². The van der Waals surface area contributed by atoms with Crippen LogP contribution in [0.5, 0.6) is 5.75 Å². The van der Waals surface area contributed by atoms with Gasteiger partial charge in [0.1, 0.15) is 11.7 Å². The highest BCUT2D eigenvalue weighted by Gasteiger charge is 2.52. The first kappa shape index (κ1) is 14.5. The van der Waals surface area contributed by atoms with Gasteiger partial charge >= 0.3 is 0 Å². The maximum atomic E-state index is 12.9. The van der Waals surface area contributed by atoms with Crippen molar-refractivity contribution in [1.29, 1.82) is 0 Å². The topological polar surface area (TPSA) is 67.9 Å². The number of morpholine rings is 1. The summed E-state index contributed by atoms with van der Waals surface area (Å²) in [6.45, 7) is 4.02. The van der Waals surface area contributed by atoms with Crippen molar-refractivity contribution in [1.82, 2.24) is 10.2 Å². The third-order valence-corrected chi connectivity index (χ3v) is 4.92. The highest BCUT2D eigenvalue weighted by molar-refractivity contribution is 6.02. The Morgan fingerprint density at radius 3 is 2.83 bits per heavy atom. The minimum absolute atomic E-state index is 0.102. The molecule has 2 bridgehead atoms. The third-order valence-electron chi connectivity index (χ3n) is 4.92. The molecule has 122 valence electrons. The number of carbonyl (C=O) groups excluding carboxylic acids is 2. The molecule has 2 amide bonds. The average Bonchev–Trinajstić information content (AvgIpc) is 2.54. The fraction of sp³-hybridized carbons (Fsp3) is 0.529. The van der Waals surface area contributed by atoms with Crippen LogP contribution in [0.25, 0.3) is 0 Å². The van der Waals surface area contributed by atoms with E-state index in [4.69, 9.17) is 9.47 Å². The fourth-order valence-electron chi connectivity index (χ4n) is 3.85. The lowest BCUT2D eigenvalue weighted by molar-refractivity contribution is -0.154. The van der Waals surface area contributed by atoms with E-state index in [1.807, 2.05) is 31.2 Å². The van der Waals surface area contributed by atoms with E-state index in [0.29, 0.717) is 32.7 Å². The summed E-state index contributed by atoms with van der Waals surface area (Å²) in [5, 5.41) is 2.90. The first-order valence-electron chi connectivity index (χ1n) is 8.04. The minimum atomic E-state index is -0.738. The van der Waals surface area contributed by atoms with E-state index in [-0.39, 0.29) is 17.7 Å². The summed E-state index contributed by atoms with van der Waals surface area (Å²) in [5.74, 6) is -0.421. The number of rotatable bonds is 1. The lowest BCUT2D eigenvalue weighted by atomic mass is 9.74. The van der Waals surface area contributed by atoms with Crippen LogP contribution in [0.2, 0.25) is 0 Å². The number of ether oxygens (including phenoxy) is 2. The molecule has 0 aromatic heterocycles. The molecule has 6 heteroatoms. The molecule has 1 aromatic carbocycles. The maximum absolute atomic E-state index is 12.9. The number of fused-ring (bicyclic) bond motifs is 4. The van der Waals surface area contributed by atoms with Crippen LogP contribution in [0.3, 0.4) is 0 Å². The molecule has 2 saturated heterocycles. The van der Waals surface area contributed by atoms with Crippen molar-refractivity contribution in [3.05, 3.63) is 29.8 Å². The van der Waals surface area contributed by atoms with Crippen LogP contribution < -0.4 is 10.1 Å². The zero-order valence-corrected chi connectivity index (χ0v) is 13.1. The summed E-state index contributed by atoms with van der Waals surface area (Å²) < 4.78 is 11.3. The Morgan fingerprint density at radius 2 is 2.04 bits per heavy atom. The average molecular weight is 316 g/mol. The van der Waals surface area contributed by atoms with Crippen LogP contribution in [-0.4, -0.2) is 48.7 Å². The van der Waals surface area contributed by atoms with Gasteiger partial charge in [-0.05, 0) is 18.6 Å². The van der Waals surface area contributed by atoms with E-state index in [1.54, 1.807) is 4.90 Å². The first-order valence-corrected chi connectivity index (χ1v) is 8.04. The van der Waals surface area contributed by atoms with Gasteiger partial charge in [0.25, 0.3) is 0 Å². The summed E-state index contributed by atoms with van der Waals surface area (Å²) in [4.78, 5) is 27.3. The predicted octanol–water partition coefficient (Wildman–Crippen LogP) is 0.874. The summed E-state index contributed by atoms with van der Waals surface area (Å²) >= 11 is 0. The molecule has 1 N–H and O–H groups in total. The Labute approximate surface area is 134 Å². The van der Waals surface area contributed by atoms with Crippen molar-refractivity contribution >= 4 is 11.8 Å². The number of para-hydroxylation sites is 1. The predicted molar refractivity (Wildman–Crippen MR) is 81.9 cm³/mol. The molecule has 4 rings (SSSR count). The van der Waals surface area contributed by atoms with Crippen LogP contribution in [-0.2, 0) is 14.3 Å². The smallest absolute Gasteiger partial charge is 0.236 e. The van der Waals surface area contributed by atoms with Crippen LogP contribution in [0.4, 0.5) is 0 Å². The third kappa shape index (κ3) is 2.37. The van der Waals surface area contributed by atoms with Crippen molar-refractivity contribution < 1.29 is 19.1 Å². The van der Waals surface area contributed by atoms with Crippen molar-refractivity contribution in [2.75, 3.05) is 26.3 Å². The molecule has 0 radical (unpaired) electrons. The molecule has 6 nitrogen and oxygen atoms in total. The Hall–Kier alpha value is -2.08. The molecule has 0 spiro atoms. The highest BCUT2D eigenvalue weighted by atomic mass is 16.5. The molecular formula is C17H20N2O4. The first-order chi connectivity index (χ1) is 11.1. The Bertz CT molecular complexity index is 656. The summed E-state index contributed by atoms with van der Waals surface area (Å²) in [6, 6.07) is 7.68. The van der Waals surface area contributed by atoms with Gasteiger partial charge in [-0.1, -0.05) is 18.2 Å². The number of nitrogens with zero attached hydrogens (tertiary/aromatic N) is 1. The molecule has 0 saturated carbocycles. The standard InChI is InChI=1S/C17H20N2O4/c1-17-10-12(11-4-2-3-5-13(11)23-17)14(15(20)18-17)16(21)19-6-8-22-9-7-19/h2-5,12,14H,6-10H2,1H3,(H,18,20)/t12-,14-,17-/m1/s1. The fourth-order valence-corrected chi connectivity index (χ4v) is 3.85. The second-order valence-corrected chi connectivity index (χ2v) is 6.59. The number of carbonyl (C=O) groups is 2. The summed E-state index contributed by atoms with van der Waals surface area (Å²) in [5.41, 5.74) is 0.212. The number of benzene rings is 1. The normalized spacial score (nSPS) is 32.6. The quantitative estimate of drug-likeness (QED) is 0.781. The van der Waals surface area contributed by atoms with E-state index in [2.05, 4.69) is 5.32 Å². The van der Waals surface area contributed by atoms with Crippen LogP contribution in [0.15, 0.2) is 24.3 Å². The molecule has 3 atom stereocenters. The maximum Gasteiger partial charge on any atom is 0.236 e. The summed E-state index contributed by atoms with van der Waals surface area (Å²) in [7, 11) is 0. The minimum Gasteiger partial charge on any atom is -0.468 e. The van der Waals surface area contributed by atoms with E-state index in [0.717, 1.165) is 11.3 Å². The molecule has 2 fully saturated rings. The Balaban J connectivity index is 1.70. The Kier molecular flexibility index (Phi) is 3.30. The van der Waals surface area contributed by atoms with Crippen molar-refractivity contribution in [3.8, 4) is 5.75 Å². The second kappa shape index (κ2) is 5.23. The van der Waals surface area contributed by atoms with Gasteiger partial charge in [0, 0.05) is 25.4 Å². The lowest BCUT2D eigenvalue weighted by Crippen LogP contribution is -2.63. The van der Waals surface area contributed by atoms with Crippen molar-refractivity contribution in [3.63, 3.8) is 0 Å². The van der Waals surface area contributed by atoms with Gasteiger partial charge in [-0.3, -0.25) is 9.59 Å². The van der Waals surface area contributed by atoms with E-state index in [9.17, 15) is 9.59 Å². The monoisotopic (exact) mass is 316 g/mol. The van der Waals surface area contributed by atoms with E-state index in [1.165, 1.54) is 0 Å². The molecular weight excluding hydrogens is 296 g/mol. The molecule has 0 aliphatic carbocycles. The van der Waals surface area contributed by atoms with Gasteiger partial charge in [-0.25, -0.2) is 0 Å². The highest BCUT2D eigenvalue weighted by Crippen LogP contribution is 2.46. The zero-order valence-electron chi connectivity index (χ0n) is 13.1. The summed E-state index contributed by atoms with van der Waals surface area (Å²) in [6.07, 6.45) is 0.608. The van der Waals surface area contributed by atoms with Crippen molar-refractivity contribution in [2.45, 2.75) is 25.0 Å². The largest absolute Gasteiger partial charge is 0.468 e. The molecule has 23 heavy (non-hydrogen) atoms. The van der Waals surface area contributed by atoms with E-state index >= 15 is 0 Å². The van der Waals surface area contributed by atoms with Gasteiger partial charge in [-0.2, -0.15) is 0 Å². The van der Waals surface area contributed by atoms with Gasteiger partial charge < -0.3 is 19.7 Å². The number of hydrogen-bond acceptors (Lipinski definition) is 4. The molecule has 3 aliphatic rings. The molecule has 0 unspecified atom stereocenters. The SMILES string of the molecule is C[C@]12C[C@H](c3ccccc3O1)[C@@H](C(=O)N1CCOCC1)C(=O)N2. The van der Waals surface area contributed by atoms with Crippen LogP contribution in [0.1, 0.15) is 24.8 Å². The number of piperidine rings is 1. The number of amides is 2. The van der Waals surface area contributed by atoms with Gasteiger partial charge in [-0.15, -0.1) is 0 Å². The van der Waals surface area contributed by atoms with Gasteiger partial charge in [0.05, 0.1) is 13.2 Å². The van der Waals surface area contributed by atoms with Crippen LogP contribution >= 0.6 is 0 Å². The van der Waals surface area contributed by atoms with Crippen LogP contribution in [0, 0.1) is 5.92 Å². The van der Waals surface area contributed by atoms with E-state index < -0.39 is 11.6 Å². The lowest BCUT2D eigenvalue weighted by Gasteiger charge is -2.47. The second-order valence-electron chi connectivity index (χ2n) is 6.59. The number of nitrogens with one attached hydrogen (secondary N) is 1. The Morgan fingerprint density at radius 1 is 1.30 bits per heavy atom. The molecule has 1 aromatic rings. The molecule has 3 heterocycles. The number of hydrogen-bond donors (Lipinski definition) is 1. The molecule has 3 aliphatic heterocycles. The zero-order chi connectivity index (χ0) is 16.0. The van der Waals surface area contributed by atoms with Crippen molar-refractivity contribution in [2.24, 2.45) is 5.92 Å².